The van der Waals surface area contributed by atoms with Gasteiger partial charge in [0.15, 0.2) is 0 Å². The second kappa shape index (κ2) is 5.87. The summed E-state index contributed by atoms with van der Waals surface area (Å²) in [7, 11) is 0. The molecule has 0 fully saturated rings. The summed E-state index contributed by atoms with van der Waals surface area (Å²) in [5, 5.41) is 2.45. The van der Waals surface area contributed by atoms with E-state index in [0.29, 0.717) is 5.69 Å². The van der Waals surface area contributed by atoms with Crippen LogP contribution < -0.4 is 11.1 Å². The highest BCUT2D eigenvalue weighted by Gasteiger charge is 2.30. The Kier molecular flexibility index (Phi) is 4.16. The van der Waals surface area contributed by atoms with Crippen LogP contribution in [-0.2, 0) is 17.4 Å². The topological polar surface area (TPSA) is 55.1 Å². The number of nitrogens with one attached hydrogen (secondary N) is 1. The number of benzene rings is 2. The maximum atomic E-state index is 12.6. The Morgan fingerprint density at radius 2 is 1.76 bits per heavy atom. The second-order valence-corrected chi connectivity index (χ2v) is 4.55. The molecule has 0 aliphatic heterocycles. The summed E-state index contributed by atoms with van der Waals surface area (Å²) in [4.78, 5) is 11.8. The van der Waals surface area contributed by atoms with E-state index in [1.54, 1.807) is 24.3 Å². The van der Waals surface area contributed by atoms with Crippen LogP contribution in [0.25, 0.3) is 0 Å². The molecule has 2 rings (SSSR count). The molecule has 1 amide bonds. The number of rotatable bonds is 3. The SMILES string of the molecule is Nc1ccc(CC(=O)Nc2cccc(C(F)(F)F)c2)cc1. The highest BCUT2D eigenvalue weighted by molar-refractivity contribution is 5.92. The zero-order valence-corrected chi connectivity index (χ0v) is 10.9. The van der Waals surface area contributed by atoms with Crippen molar-refractivity contribution in [1.29, 1.82) is 0 Å². The van der Waals surface area contributed by atoms with Crippen molar-refractivity contribution in [3.8, 4) is 0 Å². The molecular weight excluding hydrogens is 281 g/mol. The van der Waals surface area contributed by atoms with Gasteiger partial charge in [0.1, 0.15) is 0 Å². The third-order valence-electron chi connectivity index (χ3n) is 2.82. The van der Waals surface area contributed by atoms with Gasteiger partial charge in [-0.1, -0.05) is 18.2 Å². The molecule has 0 spiro atoms. The average Bonchev–Trinajstić information content (AvgIpc) is 2.41. The number of anilines is 2. The maximum absolute atomic E-state index is 12.6. The molecule has 0 heterocycles. The molecule has 6 heteroatoms. The highest BCUT2D eigenvalue weighted by atomic mass is 19.4. The van der Waals surface area contributed by atoms with Crippen molar-refractivity contribution >= 4 is 17.3 Å². The third-order valence-corrected chi connectivity index (χ3v) is 2.82. The first kappa shape index (κ1) is 14.9. The van der Waals surface area contributed by atoms with E-state index in [0.717, 1.165) is 17.7 Å². The molecule has 0 unspecified atom stereocenters. The minimum atomic E-state index is -4.43. The maximum Gasteiger partial charge on any atom is 0.416 e. The third kappa shape index (κ3) is 4.24. The molecule has 2 aromatic carbocycles. The number of alkyl halides is 3. The number of carbonyl (C=O) groups excluding carboxylic acids is 1. The average molecular weight is 294 g/mol. The van der Waals surface area contributed by atoms with E-state index in [9.17, 15) is 18.0 Å². The van der Waals surface area contributed by atoms with Crippen LogP contribution in [0.5, 0.6) is 0 Å². The Balaban J connectivity index is 2.04. The van der Waals surface area contributed by atoms with Gasteiger partial charge in [0.25, 0.3) is 0 Å². The lowest BCUT2D eigenvalue weighted by atomic mass is 10.1. The zero-order valence-electron chi connectivity index (χ0n) is 10.9. The van der Waals surface area contributed by atoms with Crippen molar-refractivity contribution in [3.63, 3.8) is 0 Å². The molecule has 0 aliphatic rings. The quantitative estimate of drug-likeness (QED) is 0.852. The van der Waals surface area contributed by atoms with E-state index in [2.05, 4.69) is 5.32 Å². The number of halogens is 3. The number of carbonyl (C=O) groups is 1. The highest BCUT2D eigenvalue weighted by Crippen LogP contribution is 2.30. The Labute approximate surface area is 119 Å². The molecule has 0 atom stereocenters. The van der Waals surface area contributed by atoms with Crippen LogP contribution in [0, 0.1) is 0 Å². The molecule has 2 aromatic rings. The Hall–Kier alpha value is -2.50. The lowest BCUT2D eigenvalue weighted by Crippen LogP contribution is -2.15. The van der Waals surface area contributed by atoms with Gasteiger partial charge >= 0.3 is 6.18 Å². The number of hydrogen-bond acceptors (Lipinski definition) is 2. The van der Waals surface area contributed by atoms with Gasteiger partial charge in [-0.15, -0.1) is 0 Å². The first-order valence-corrected chi connectivity index (χ1v) is 6.16. The summed E-state index contributed by atoms with van der Waals surface area (Å²) >= 11 is 0. The van der Waals surface area contributed by atoms with E-state index < -0.39 is 11.7 Å². The number of amides is 1. The summed E-state index contributed by atoms with van der Waals surface area (Å²) in [6.45, 7) is 0. The van der Waals surface area contributed by atoms with E-state index >= 15 is 0 Å². The standard InChI is InChI=1S/C15H13F3N2O/c16-15(17,18)11-2-1-3-13(9-11)20-14(21)8-10-4-6-12(19)7-5-10/h1-7,9H,8,19H2,(H,20,21). The number of hydrogen-bond donors (Lipinski definition) is 2. The first-order chi connectivity index (χ1) is 9.84. The monoisotopic (exact) mass is 294 g/mol. The van der Waals surface area contributed by atoms with Crippen molar-refractivity contribution in [1.82, 2.24) is 0 Å². The van der Waals surface area contributed by atoms with E-state index in [4.69, 9.17) is 5.73 Å². The minimum Gasteiger partial charge on any atom is -0.399 e. The Bertz CT molecular complexity index is 636. The van der Waals surface area contributed by atoms with Crippen LogP contribution in [0.3, 0.4) is 0 Å². The molecule has 0 aromatic heterocycles. The first-order valence-electron chi connectivity index (χ1n) is 6.16. The molecule has 0 saturated carbocycles. The van der Waals surface area contributed by atoms with Crippen LogP contribution >= 0.6 is 0 Å². The predicted octanol–water partition coefficient (Wildman–Crippen LogP) is 3.47. The normalized spacial score (nSPS) is 11.2. The van der Waals surface area contributed by atoms with Gasteiger partial charge in [0, 0.05) is 11.4 Å². The zero-order chi connectivity index (χ0) is 15.5. The molecule has 0 radical (unpaired) electrons. The van der Waals surface area contributed by atoms with Crippen molar-refractivity contribution < 1.29 is 18.0 Å². The summed E-state index contributed by atoms with van der Waals surface area (Å²) in [5.74, 6) is -0.390. The summed E-state index contributed by atoms with van der Waals surface area (Å²) in [5.41, 5.74) is 6.16. The molecule has 21 heavy (non-hydrogen) atoms. The van der Waals surface area contributed by atoms with Gasteiger partial charge in [-0.25, -0.2) is 0 Å². The Morgan fingerprint density at radius 3 is 2.38 bits per heavy atom. The lowest BCUT2D eigenvalue weighted by molar-refractivity contribution is -0.137. The molecule has 0 aliphatic carbocycles. The summed E-state index contributed by atoms with van der Waals surface area (Å²) < 4.78 is 37.7. The van der Waals surface area contributed by atoms with Crippen LogP contribution in [0.1, 0.15) is 11.1 Å². The molecule has 3 N–H and O–H groups in total. The largest absolute Gasteiger partial charge is 0.416 e. The number of nitrogen functional groups attached to an aromatic ring is 1. The fourth-order valence-electron chi connectivity index (χ4n) is 1.80. The van der Waals surface area contributed by atoms with Gasteiger partial charge in [-0.05, 0) is 35.9 Å². The van der Waals surface area contributed by atoms with E-state index in [1.165, 1.54) is 12.1 Å². The van der Waals surface area contributed by atoms with Crippen LogP contribution in [0.15, 0.2) is 48.5 Å². The van der Waals surface area contributed by atoms with Gasteiger partial charge in [0.05, 0.1) is 12.0 Å². The summed E-state index contributed by atoms with van der Waals surface area (Å²) in [6.07, 6.45) is -4.37. The van der Waals surface area contributed by atoms with Crippen molar-refractivity contribution in [3.05, 3.63) is 59.7 Å². The Morgan fingerprint density at radius 1 is 1.10 bits per heavy atom. The van der Waals surface area contributed by atoms with Crippen LogP contribution in [-0.4, -0.2) is 5.91 Å². The molecule has 3 nitrogen and oxygen atoms in total. The molecule has 110 valence electrons. The molecule has 0 bridgehead atoms. The molecular formula is C15H13F3N2O. The van der Waals surface area contributed by atoms with Gasteiger partial charge in [0.2, 0.25) is 5.91 Å². The molecule has 0 saturated heterocycles. The van der Waals surface area contributed by atoms with Gasteiger partial charge in [-0.2, -0.15) is 13.2 Å². The van der Waals surface area contributed by atoms with Crippen molar-refractivity contribution in [2.75, 3.05) is 11.1 Å². The van der Waals surface area contributed by atoms with Crippen LogP contribution in [0.4, 0.5) is 24.5 Å². The van der Waals surface area contributed by atoms with Crippen LogP contribution in [0.2, 0.25) is 0 Å². The van der Waals surface area contributed by atoms with Crippen molar-refractivity contribution in [2.24, 2.45) is 0 Å². The van der Waals surface area contributed by atoms with Crippen molar-refractivity contribution in [2.45, 2.75) is 12.6 Å². The van der Waals surface area contributed by atoms with Gasteiger partial charge in [-0.3, -0.25) is 4.79 Å². The minimum absolute atomic E-state index is 0.0660. The fourth-order valence-corrected chi connectivity index (χ4v) is 1.80. The lowest BCUT2D eigenvalue weighted by Gasteiger charge is -2.10. The summed E-state index contributed by atoms with van der Waals surface area (Å²) in [6, 6.07) is 11.2. The fraction of sp³-hybridized carbons (Fsp3) is 0.133. The number of nitrogens with two attached hydrogens (primary N) is 1. The van der Waals surface area contributed by atoms with E-state index in [1.807, 2.05) is 0 Å². The van der Waals surface area contributed by atoms with E-state index in [-0.39, 0.29) is 18.0 Å². The second-order valence-electron chi connectivity index (χ2n) is 4.55. The predicted molar refractivity (Wildman–Crippen MR) is 74.6 cm³/mol. The smallest absolute Gasteiger partial charge is 0.399 e. The van der Waals surface area contributed by atoms with Gasteiger partial charge < -0.3 is 11.1 Å².